The first-order valence-corrected chi connectivity index (χ1v) is 11.3. The van der Waals surface area contributed by atoms with Gasteiger partial charge in [0.1, 0.15) is 5.75 Å². The molecule has 4 aliphatic carbocycles. The highest BCUT2D eigenvalue weighted by Crippen LogP contribution is 2.60. The Balaban J connectivity index is 1.36. The normalized spacial score (nSPS) is 33.1. The Morgan fingerprint density at radius 1 is 1.06 bits per heavy atom. The monoisotopic (exact) mass is 445 g/mol. The predicted molar refractivity (Wildman–Crippen MR) is 112 cm³/mol. The Hall–Kier alpha value is -2.35. The van der Waals surface area contributed by atoms with E-state index in [2.05, 4.69) is 15.1 Å². The van der Waals surface area contributed by atoms with Gasteiger partial charge >= 0.3 is 6.18 Å². The molecule has 2 aromatic rings. The van der Waals surface area contributed by atoms with Crippen LogP contribution in [0.3, 0.4) is 0 Å². The largest absolute Gasteiger partial charge is 0.507 e. The van der Waals surface area contributed by atoms with Crippen molar-refractivity contribution in [2.24, 2.45) is 11.8 Å². The number of aromatic nitrogens is 2. The van der Waals surface area contributed by atoms with Crippen molar-refractivity contribution in [3.05, 3.63) is 34.9 Å². The van der Waals surface area contributed by atoms with Crippen LogP contribution in [0.4, 0.5) is 19.0 Å². The van der Waals surface area contributed by atoms with Crippen molar-refractivity contribution in [1.29, 1.82) is 0 Å². The Kier molecular flexibility index (Phi) is 4.03. The molecule has 4 atom stereocenters. The molecule has 4 fully saturated rings. The lowest BCUT2D eigenvalue weighted by molar-refractivity contribution is -0.137. The molecule has 5 aliphatic rings. The molecule has 0 spiro atoms. The van der Waals surface area contributed by atoms with E-state index in [1.807, 2.05) is 6.07 Å². The second kappa shape index (κ2) is 6.37. The molecular weight excluding hydrogens is 419 g/mol. The van der Waals surface area contributed by atoms with Crippen LogP contribution in [0.5, 0.6) is 5.75 Å². The van der Waals surface area contributed by atoms with Crippen molar-refractivity contribution in [2.75, 3.05) is 11.4 Å². The lowest BCUT2D eigenvalue weighted by Crippen LogP contribution is -2.65. The van der Waals surface area contributed by atoms with E-state index < -0.39 is 23.1 Å². The molecule has 0 amide bonds. The maximum Gasteiger partial charge on any atom is 0.416 e. The first-order chi connectivity index (χ1) is 15.1. The van der Waals surface area contributed by atoms with E-state index in [0.717, 1.165) is 68.6 Å². The van der Waals surface area contributed by atoms with Gasteiger partial charge in [0.15, 0.2) is 5.82 Å². The van der Waals surface area contributed by atoms with Gasteiger partial charge in [-0.05, 0) is 87.5 Å². The van der Waals surface area contributed by atoms with Crippen LogP contribution in [0.15, 0.2) is 18.2 Å². The molecule has 4 saturated carbocycles. The molecule has 0 radical (unpaired) electrons. The number of phenols is 1. The first kappa shape index (κ1) is 20.3. The fourth-order valence-corrected chi connectivity index (χ4v) is 7.50. The lowest BCUT2D eigenvalue weighted by atomic mass is 9.50. The van der Waals surface area contributed by atoms with Gasteiger partial charge in [-0.3, -0.25) is 0 Å². The van der Waals surface area contributed by atoms with Crippen molar-refractivity contribution in [1.82, 2.24) is 10.2 Å². The maximum absolute atomic E-state index is 13.1. The minimum absolute atomic E-state index is 0.0767. The molecule has 2 unspecified atom stereocenters. The molecule has 32 heavy (non-hydrogen) atoms. The Bertz CT molecular complexity index is 1080. The number of fused-ring (bicyclic) bond motifs is 1. The van der Waals surface area contributed by atoms with E-state index in [1.54, 1.807) is 6.92 Å². The molecule has 2 N–H and O–H groups in total. The molecule has 7 rings (SSSR count). The number of benzene rings is 1. The average Bonchev–Trinajstić information content (AvgIpc) is 3.09. The molecule has 1 aromatic carbocycles. The summed E-state index contributed by atoms with van der Waals surface area (Å²) < 4.78 is 39.2. The molecule has 5 nitrogen and oxygen atoms in total. The van der Waals surface area contributed by atoms with Crippen LogP contribution in [0.2, 0.25) is 0 Å². The van der Waals surface area contributed by atoms with Crippen LogP contribution in [-0.4, -0.2) is 38.1 Å². The smallest absolute Gasteiger partial charge is 0.416 e. The van der Waals surface area contributed by atoms with Gasteiger partial charge in [-0.25, -0.2) is 0 Å². The molecular formula is C24H26F3N3O2. The number of anilines is 1. The van der Waals surface area contributed by atoms with E-state index in [4.69, 9.17) is 0 Å². The van der Waals surface area contributed by atoms with Crippen molar-refractivity contribution in [2.45, 2.75) is 69.2 Å². The second-order valence-corrected chi connectivity index (χ2v) is 10.6. The zero-order valence-electron chi connectivity index (χ0n) is 17.9. The molecule has 8 heteroatoms. The van der Waals surface area contributed by atoms with Crippen LogP contribution in [0, 0.1) is 18.8 Å². The van der Waals surface area contributed by atoms with Crippen LogP contribution < -0.4 is 4.90 Å². The minimum atomic E-state index is -4.52. The van der Waals surface area contributed by atoms with E-state index in [9.17, 15) is 23.4 Å². The number of aryl methyl sites for hydroxylation is 1. The molecule has 170 valence electrons. The number of aliphatic hydroxyl groups is 1. The molecule has 0 saturated heterocycles. The summed E-state index contributed by atoms with van der Waals surface area (Å²) in [6.07, 6.45) is 2.20. The molecule has 1 aliphatic heterocycles. The van der Waals surface area contributed by atoms with E-state index in [0.29, 0.717) is 23.1 Å². The van der Waals surface area contributed by atoms with Crippen LogP contribution in [0.25, 0.3) is 11.3 Å². The fraction of sp³-hybridized carbons (Fsp3) is 0.583. The zero-order valence-corrected chi connectivity index (χ0v) is 17.9. The maximum atomic E-state index is 13.1. The van der Waals surface area contributed by atoms with Gasteiger partial charge in [-0.2, -0.15) is 13.2 Å². The number of phenolic OH excluding ortho intramolecular Hbond substituents is 1. The highest BCUT2D eigenvalue weighted by Gasteiger charge is 2.60. The quantitative estimate of drug-likeness (QED) is 0.706. The van der Waals surface area contributed by atoms with Crippen LogP contribution in [0.1, 0.15) is 55.2 Å². The molecule has 4 bridgehead atoms. The fourth-order valence-electron chi connectivity index (χ4n) is 7.50. The highest BCUT2D eigenvalue weighted by atomic mass is 19.4. The van der Waals surface area contributed by atoms with Crippen LogP contribution >= 0.6 is 0 Å². The van der Waals surface area contributed by atoms with Gasteiger partial charge in [0.2, 0.25) is 0 Å². The van der Waals surface area contributed by atoms with Gasteiger partial charge in [0.25, 0.3) is 0 Å². The summed E-state index contributed by atoms with van der Waals surface area (Å²) in [5.41, 5.74) is 0.461. The van der Waals surface area contributed by atoms with Crippen molar-refractivity contribution in [3.8, 4) is 17.0 Å². The zero-order chi connectivity index (χ0) is 22.5. The predicted octanol–water partition coefficient (Wildman–Crippen LogP) is 4.62. The number of alkyl halides is 3. The summed E-state index contributed by atoms with van der Waals surface area (Å²) >= 11 is 0. The number of nitrogens with zero attached hydrogens (tertiary/aromatic N) is 3. The summed E-state index contributed by atoms with van der Waals surface area (Å²) in [4.78, 5) is 2.35. The SMILES string of the molecule is Cc1cc(C(F)(F)F)cc(O)c1-c1cc2c(nn1)N(C13C[C@@H]4C[C@@H](CC(O)(C4)C1)C3)CC2. The topological polar surface area (TPSA) is 69.5 Å². The third-order valence-electron chi connectivity index (χ3n) is 8.18. The minimum Gasteiger partial charge on any atom is -0.507 e. The van der Waals surface area contributed by atoms with Gasteiger partial charge in [0, 0.05) is 23.2 Å². The van der Waals surface area contributed by atoms with E-state index in [1.165, 1.54) is 6.42 Å². The molecule has 2 heterocycles. The number of rotatable bonds is 2. The summed E-state index contributed by atoms with van der Waals surface area (Å²) in [6, 6.07) is 3.64. The Morgan fingerprint density at radius 2 is 1.78 bits per heavy atom. The summed E-state index contributed by atoms with van der Waals surface area (Å²) in [5.74, 6) is 1.50. The summed E-state index contributed by atoms with van der Waals surface area (Å²) in [7, 11) is 0. The second-order valence-electron chi connectivity index (χ2n) is 10.6. The first-order valence-electron chi connectivity index (χ1n) is 11.3. The summed E-state index contributed by atoms with van der Waals surface area (Å²) in [5, 5.41) is 30.3. The Morgan fingerprint density at radius 3 is 2.41 bits per heavy atom. The lowest BCUT2D eigenvalue weighted by Gasteiger charge is -2.63. The number of hydrogen-bond acceptors (Lipinski definition) is 5. The van der Waals surface area contributed by atoms with Crippen molar-refractivity contribution in [3.63, 3.8) is 0 Å². The summed E-state index contributed by atoms with van der Waals surface area (Å²) in [6.45, 7) is 2.35. The van der Waals surface area contributed by atoms with Gasteiger partial charge in [-0.15, -0.1) is 10.2 Å². The van der Waals surface area contributed by atoms with Crippen LogP contribution in [-0.2, 0) is 12.6 Å². The molecule has 1 aromatic heterocycles. The standard InChI is InChI=1S/C24H26F3N3O2/c1-13-4-17(24(25,26)27)7-19(31)20(13)18-6-16-2-3-30(21(16)29-28-18)22-8-14-5-15(9-22)11-23(32,10-14)12-22/h4,6-7,14-15,31-32H,2-3,5,8-12H2,1H3/t14-,15+,22?,23?. The average molecular weight is 445 g/mol. The van der Waals surface area contributed by atoms with Gasteiger partial charge in [0.05, 0.1) is 16.9 Å². The third kappa shape index (κ3) is 2.95. The van der Waals surface area contributed by atoms with Crippen molar-refractivity contribution >= 4 is 5.82 Å². The van der Waals surface area contributed by atoms with E-state index in [-0.39, 0.29) is 11.1 Å². The van der Waals surface area contributed by atoms with Crippen molar-refractivity contribution < 1.29 is 23.4 Å². The van der Waals surface area contributed by atoms with E-state index >= 15 is 0 Å². The third-order valence-corrected chi connectivity index (χ3v) is 8.18. The van der Waals surface area contributed by atoms with Gasteiger partial charge < -0.3 is 15.1 Å². The Labute approximate surface area is 184 Å². The highest BCUT2D eigenvalue weighted by molar-refractivity contribution is 5.73. The number of halogens is 3. The van der Waals surface area contributed by atoms with Gasteiger partial charge in [-0.1, -0.05) is 0 Å². The number of aromatic hydroxyl groups is 1. The number of hydrogen-bond donors (Lipinski definition) is 2.